The van der Waals surface area contributed by atoms with E-state index in [-0.39, 0.29) is 23.8 Å². The van der Waals surface area contributed by atoms with E-state index in [1.54, 1.807) is 0 Å². The van der Waals surface area contributed by atoms with Gasteiger partial charge in [-0.2, -0.15) is 0 Å². The first-order valence-electron chi connectivity index (χ1n) is 6.02. The van der Waals surface area contributed by atoms with Gasteiger partial charge in [-0.25, -0.2) is 0 Å². The summed E-state index contributed by atoms with van der Waals surface area (Å²) in [4.78, 5) is 11.6. The summed E-state index contributed by atoms with van der Waals surface area (Å²) in [6.07, 6.45) is 2.13. The summed E-state index contributed by atoms with van der Waals surface area (Å²) >= 11 is 0. The average Bonchev–Trinajstić information content (AvgIpc) is 2.23. The van der Waals surface area contributed by atoms with Crippen LogP contribution in [0.2, 0.25) is 0 Å². The summed E-state index contributed by atoms with van der Waals surface area (Å²) in [6, 6.07) is 0. The molecule has 4 heteroatoms. The lowest BCUT2D eigenvalue weighted by Gasteiger charge is -2.24. The van der Waals surface area contributed by atoms with Crippen LogP contribution in [-0.4, -0.2) is 30.7 Å². The predicted octanol–water partition coefficient (Wildman–Crippen LogP) is 0.886. The van der Waals surface area contributed by atoms with Gasteiger partial charge in [0.15, 0.2) is 0 Å². The first-order valence-corrected chi connectivity index (χ1v) is 6.02. The van der Waals surface area contributed by atoms with Crippen molar-refractivity contribution in [1.82, 2.24) is 5.32 Å². The van der Waals surface area contributed by atoms with Gasteiger partial charge >= 0.3 is 0 Å². The van der Waals surface area contributed by atoms with Crippen LogP contribution >= 0.6 is 0 Å². The zero-order chi connectivity index (χ0) is 12.6. The fourth-order valence-electron chi connectivity index (χ4n) is 1.46. The van der Waals surface area contributed by atoms with E-state index in [0.29, 0.717) is 25.9 Å². The van der Waals surface area contributed by atoms with Crippen LogP contribution in [0.15, 0.2) is 0 Å². The first-order chi connectivity index (χ1) is 7.45. The Hall–Kier alpha value is -0.610. The molecule has 0 aliphatic heterocycles. The van der Waals surface area contributed by atoms with Crippen LogP contribution in [0.1, 0.15) is 40.0 Å². The molecule has 96 valence electrons. The Morgan fingerprint density at radius 3 is 2.56 bits per heavy atom. The van der Waals surface area contributed by atoms with Crippen molar-refractivity contribution in [3.63, 3.8) is 0 Å². The minimum Gasteiger partial charge on any atom is -0.396 e. The van der Waals surface area contributed by atoms with Gasteiger partial charge in [0, 0.05) is 19.6 Å². The fourth-order valence-corrected chi connectivity index (χ4v) is 1.46. The van der Waals surface area contributed by atoms with Gasteiger partial charge in [0.25, 0.3) is 0 Å². The second kappa shape index (κ2) is 7.63. The van der Waals surface area contributed by atoms with Crippen LogP contribution in [0.3, 0.4) is 0 Å². The highest BCUT2D eigenvalue weighted by atomic mass is 16.3. The quantitative estimate of drug-likeness (QED) is 0.579. The largest absolute Gasteiger partial charge is 0.396 e. The molecule has 4 N–H and O–H groups in total. The number of aliphatic hydroxyl groups is 1. The maximum absolute atomic E-state index is 11.6. The van der Waals surface area contributed by atoms with Crippen LogP contribution in [0.4, 0.5) is 0 Å². The Labute approximate surface area is 98.6 Å². The number of amides is 1. The lowest BCUT2D eigenvalue weighted by Crippen LogP contribution is -2.36. The standard InChI is InChI=1S/C12H26N2O2/c1-4-10(8-13)7-11(16)14-9-12(2,3)5-6-15/h10,15H,4-9,13H2,1-3H3,(H,14,16). The third-order valence-electron chi connectivity index (χ3n) is 2.94. The van der Waals surface area contributed by atoms with E-state index in [2.05, 4.69) is 5.32 Å². The van der Waals surface area contributed by atoms with E-state index < -0.39 is 0 Å². The number of nitrogens with one attached hydrogen (secondary N) is 1. The monoisotopic (exact) mass is 230 g/mol. The Morgan fingerprint density at radius 1 is 1.50 bits per heavy atom. The van der Waals surface area contributed by atoms with Crippen molar-refractivity contribution in [3.8, 4) is 0 Å². The van der Waals surface area contributed by atoms with Gasteiger partial charge in [0.05, 0.1) is 0 Å². The van der Waals surface area contributed by atoms with Crippen LogP contribution in [0.25, 0.3) is 0 Å². The summed E-state index contributed by atoms with van der Waals surface area (Å²) in [7, 11) is 0. The third-order valence-corrected chi connectivity index (χ3v) is 2.94. The number of nitrogens with two attached hydrogens (primary N) is 1. The van der Waals surface area contributed by atoms with E-state index in [4.69, 9.17) is 10.8 Å². The number of aliphatic hydroxyl groups excluding tert-OH is 1. The number of carbonyl (C=O) groups excluding carboxylic acids is 1. The maximum Gasteiger partial charge on any atom is 0.220 e. The lowest BCUT2D eigenvalue weighted by atomic mass is 9.89. The normalized spacial score (nSPS) is 13.6. The van der Waals surface area contributed by atoms with Crippen LogP contribution in [0, 0.1) is 11.3 Å². The molecule has 0 aromatic carbocycles. The predicted molar refractivity (Wildman–Crippen MR) is 65.9 cm³/mol. The van der Waals surface area contributed by atoms with Crippen LogP contribution in [-0.2, 0) is 4.79 Å². The van der Waals surface area contributed by atoms with Gasteiger partial charge in [-0.1, -0.05) is 27.2 Å². The number of hydrogen-bond acceptors (Lipinski definition) is 3. The van der Waals surface area contributed by atoms with Gasteiger partial charge in [0.1, 0.15) is 0 Å². The zero-order valence-electron chi connectivity index (χ0n) is 10.8. The Morgan fingerprint density at radius 2 is 2.12 bits per heavy atom. The molecule has 0 fully saturated rings. The minimum atomic E-state index is -0.0468. The summed E-state index contributed by atoms with van der Waals surface area (Å²) in [5, 5.41) is 11.8. The van der Waals surface area contributed by atoms with Gasteiger partial charge in [-0.15, -0.1) is 0 Å². The molecule has 1 atom stereocenters. The second-order valence-electron chi connectivity index (χ2n) is 5.13. The summed E-state index contributed by atoms with van der Waals surface area (Å²) < 4.78 is 0. The Balaban J connectivity index is 3.88. The Kier molecular flexibility index (Phi) is 7.34. The van der Waals surface area contributed by atoms with Crippen molar-refractivity contribution in [1.29, 1.82) is 0 Å². The third kappa shape index (κ3) is 6.80. The second-order valence-corrected chi connectivity index (χ2v) is 5.13. The van der Waals surface area contributed by atoms with E-state index in [0.717, 1.165) is 6.42 Å². The molecule has 0 aromatic rings. The first kappa shape index (κ1) is 15.4. The number of rotatable bonds is 8. The molecule has 1 amide bonds. The highest BCUT2D eigenvalue weighted by Crippen LogP contribution is 2.18. The van der Waals surface area contributed by atoms with Gasteiger partial charge in [0.2, 0.25) is 5.91 Å². The minimum absolute atomic E-state index is 0.0468. The van der Waals surface area contributed by atoms with Crippen molar-refractivity contribution in [2.75, 3.05) is 19.7 Å². The summed E-state index contributed by atoms with van der Waals surface area (Å²) in [5.74, 6) is 0.337. The van der Waals surface area contributed by atoms with E-state index in [1.165, 1.54) is 0 Å². The van der Waals surface area contributed by atoms with Crippen molar-refractivity contribution in [2.24, 2.45) is 17.1 Å². The van der Waals surface area contributed by atoms with Gasteiger partial charge in [-0.3, -0.25) is 4.79 Å². The van der Waals surface area contributed by atoms with Crippen molar-refractivity contribution in [2.45, 2.75) is 40.0 Å². The zero-order valence-corrected chi connectivity index (χ0v) is 10.8. The Bertz CT molecular complexity index is 201. The molecule has 0 aromatic heterocycles. The molecule has 0 spiro atoms. The lowest BCUT2D eigenvalue weighted by molar-refractivity contribution is -0.122. The van der Waals surface area contributed by atoms with E-state index in [9.17, 15) is 4.79 Å². The molecule has 0 bridgehead atoms. The molecular formula is C12H26N2O2. The topological polar surface area (TPSA) is 75.4 Å². The molecule has 1 unspecified atom stereocenters. The SMILES string of the molecule is CCC(CN)CC(=O)NCC(C)(C)CCO. The maximum atomic E-state index is 11.6. The molecule has 4 nitrogen and oxygen atoms in total. The smallest absolute Gasteiger partial charge is 0.220 e. The summed E-state index contributed by atoms with van der Waals surface area (Å²) in [5.41, 5.74) is 5.50. The molecule has 0 saturated carbocycles. The molecular weight excluding hydrogens is 204 g/mol. The number of carbonyl (C=O) groups is 1. The van der Waals surface area contributed by atoms with Crippen molar-refractivity contribution in [3.05, 3.63) is 0 Å². The molecule has 0 aliphatic carbocycles. The molecule has 0 aliphatic rings. The molecule has 0 saturated heterocycles. The van der Waals surface area contributed by atoms with Gasteiger partial charge < -0.3 is 16.2 Å². The van der Waals surface area contributed by atoms with E-state index in [1.807, 2.05) is 20.8 Å². The van der Waals surface area contributed by atoms with Gasteiger partial charge in [-0.05, 0) is 24.3 Å². The molecule has 0 rings (SSSR count). The fraction of sp³-hybridized carbons (Fsp3) is 0.917. The van der Waals surface area contributed by atoms with Crippen molar-refractivity contribution >= 4 is 5.91 Å². The van der Waals surface area contributed by atoms with Crippen LogP contribution in [0.5, 0.6) is 0 Å². The van der Waals surface area contributed by atoms with Crippen LogP contribution < -0.4 is 11.1 Å². The molecule has 0 heterocycles. The van der Waals surface area contributed by atoms with Crippen molar-refractivity contribution < 1.29 is 9.90 Å². The average molecular weight is 230 g/mol. The van der Waals surface area contributed by atoms with E-state index >= 15 is 0 Å². The number of hydrogen-bond donors (Lipinski definition) is 3. The summed E-state index contributed by atoms with van der Waals surface area (Å²) in [6.45, 7) is 7.43. The molecule has 0 radical (unpaired) electrons. The molecule has 16 heavy (non-hydrogen) atoms. The highest BCUT2D eigenvalue weighted by Gasteiger charge is 2.18. The highest BCUT2D eigenvalue weighted by molar-refractivity contribution is 5.76.